The molecule has 0 bridgehead atoms. The first-order chi connectivity index (χ1) is 16.4. The molecule has 2 heterocycles. The first kappa shape index (κ1) is 24.0. The Bertz CT molecular complexity index is 1010. The third-order valence-corrected chi connectivity index (χ3v) is 6.75. The van der Waals surface area contributed by atoms with Crippen LogP contribution >= 0.6 is 0 Å². The third-order valence-electron chi connectivity index (χ3n) is 6.75. The van der Waals surface area contributed by atoms with E-state index in [4.69, 9.17) is 0 Å². The van der Waals surface area contributed by atoms with E-state index in [-0.39, 0.29) is 24.1 Å². The van der Waals surface area contributed by atoms with Gasteiger partial charge in [-0.2, -0.15) is 0 Å². The Labute approximate surface area is 201 Å². The van der Waals surface area contributed by atoms with Gasteiger partial charge in [0.05, 0.1) is 5.92 Å². The van der Waals surface area contributed by atoms with Crippen LogP contribution in [-0.4, -0.2) is 67.3 Å². The summed E-state index contributed by atoms with van der Waals surface area (Å²) in [6.45, 7) is 5.74. The van der Waals surface area contributed by atoms with Gasteiger partial charge in [0.15, 0.2) is 0 Å². The van der Waals surface area contributed by atoms with Crippen molar-refractivity contribution in [1.29, 1.82) is 0 Å². The fourth-order valence-corrected chi connectivity index (χ4v) is 4.49. The lowest BCUT2D eigenvalue weighted by Crippen LogP contribution is -2.47. The molecule has 2 aromatic rings. The number of carbonyl (C=O) groups excluding carboxylic acids is 3. The molecule has 0 radical (unpaired) electrons. The number of nitrogens with one attached hydrogen (secondary N) is 1. The summed E-state index contributed by atoms with van der Waals surface area (Å²) in [5, 5.41) is 2.91. The summed E-state index contributed by atoms with van der Waals surface area (Å²) in [6, 6.07) is 15.1. The zero-order chi connectivity index (χ0) is 24.1. The molecule has 2 aromatic carbocycles. The van der Waals surface area contributed by atoms with Gasteiger partial charge in [0.25, 0.3) is 5.91 Å². The van der Waals surface area contributed by atoms with Crippen molar-refractivity contribution in [2.75, 3.05) is 50.0 Å². The van der Waals surface area contributed by atoms with Gasteiger partial charge in [-0.3, -0.25) is 14.4 Å². The molecule has 7 nitrogen and oxygen atoms in total. The van der Waals surface area contributed by atoms with E-state index in [9.17, 15) is 14.4 Å². The van der Waals surface area contributed by atoms with E-state index in [0.29, 0.717) is 17.8 Å². The first-order valence-corrected chi connectivity index (χ1v) is 12.2. The molecule has 1 unspecified atom stereocenters. The molecule has 2 aliphatic rings. The van der Waals surface area contributed by atoms with Crippen LogP contribution in [0.4, 0.5) is 11.4 Å². The topological polar surface area (TPSA) is 73.0 Å². The lowest BCUT2D eigenvalue weighted by atomic mass is 10.1. The van der Waals surface area contributed by atoms with Crippen LogP contribution in [0, 0.1) is 5.92 Å². The molecule has 2 saturated heterocycles. The van der Waals surface area contributed by atoms with Crippen LogP contribution < -0.4 is 10.2 Å². The Kier molecular flexibility index (Phi) is 7.63. The maximum absolute atomic E-state index is 12.8. The molecule has 0 saturated carbocycles. The minimum Gasteiger partial charge on any atom is -0.336 e. The standard InChI is InChI=1S/C27H34N4O3/c1-3-4-5-20-6-12-24(13-7-20)31-19-22(18-25(31)32)26(33)28-23-10-8-21(9-11-23)27(34)30-16-14-29(2)15-17-30/h6-13,22H,3-5,14-19H2,1-2H3,(H,28,33). The van der Waals surface area contributed by atoms with Gasteiger partial charge in [-0.25, -0.2) is 0 Å². The van der Waals surface area contributed by atoms with Crippen LogP contribution in [-0.2, 0) is 16.0 Å². The molecule has 2 aliphatic heterocycles. The second-order valence-electron chi connectivity index (χ2n) is 9.34. The summed E-state index contributed by atoms with van der Waals surface area (Å²) < 4.78 is 0. The van der Waals surface area contributed by atoms with Crippen molar-refractivity contribution < 1.29 is 14.4 Å². The van der Waals surface area contributed by atoms with Crippen LogP contribution in [0.2, 0.25) is 0 Å². The van der Waals surface area contributed by atoms with E-state index >= 15 is 0 Å². The van der Waals surface area contributed by atoms with Crippen molar-refractivity contribution in [3.63, 3.8) is 0 Å². The summed E-state index contributed by atoms with van der Waals surface area (Å²) in [7, 11) is 2.06. The average Bonchev–Trinajstić information content (AvgIpc) is 3.25. The molecule has 180 valence electrons. The number of rotatable bonds is 7. The SMILES string of the molecule is CCCCc1ccc(N2CC(C(=O)Nc3ccc(C(=O)N4CCN(C)CC4)cc3)CC2=O)cc1. The first-order valence-electron chi connectivity index (χ1n) is 12.2. The second-order valence-corrected chi connectivity index (χ2v) is 9.34. The third kappa shape index (κ3) is 5.65. The molecule has 3 amide bonds. The summed E-state index contributed by atoms with van der Waals surface area (Å²) in [6.07, 6.45) is 3.53. The van der Waals surface area contributed by atoms with Crippen LogP contribution in [0.5, 0.6) is 0 Å². The largest absolute Gasteiger partial charge is 0.336 e. The van der Waals surface area contributed by atoms with Crippen molar-refractivity contribution in [3.05, 3.63) is 59.7 Å². The maximum atomic E-state index is 12.8. The van der Waals surface area contributed by atoms with Crippen LogP contribution in [0.3, 0.4) is 0 Å². The highest BCUT2D eigenvalue weighted by molar-refractivity contribution is 6.03. The summed E-state index contributed by atoms with van der Waals surface area (Å²) >= 11 is 0. The molecular weight excluding hydrogens is 428 g/mol. The van der Waals surface area contributed by atoms with E-state index < -0.39 is 5.92 Å². The molecule has 0 spiro atoms. The van der Waals surface area contributed by atoms with Gasteiger partial charge in [0.2, 0.25) is 11.8 Å². The van der Waals surface area contributed by atoms with Gasteiger partial charge < -0.3 is 20.0 Å². The number of benzene rings is 2. The van der Waals surface area contributed by atoms with Crippen molar-refractivity contribution in [2.24, 2.45) is 5.92 Å². The van der Waals surface area contributed by atoms with Crippen molar-refractivity contribution in [1.82, 2.24) is 9.80 Å². The van der Waals surface area contributed by atoms with Crippen molar-refractivity contribution in [3.8, 4) is 0 Å². The highest BCUT2D eigenvalue weighted by Gasteiger charge is 2.35. The Morgan fingerprint density at radius 3 is 2.29 bits per heavy atom. The predicted octanol–water partition coefficient (Wildman–Crippen LogP) is 3.41. The number of anilines is 2. The van der Waals surface area contributed by atoms with Crippen molar-refractivity contribution >= 4 is 29.1 Å². The molecule has 1 atom stereocenters. The number of piperazine rings is 1. The Morgan fingerprint density at radius 2 is 1.65 bits per heavy atom. The predicted molar refractivity (Wildman–Crippen MR) is 134 cm³/mol. The Morgan fingerprint density at radius 1 is 0.971 bits per heavy atom. The van der Waals surface area contributed by atoms with Gasteiger partial charge >= 0.3 is 0 Å². The summed E-state index contributed by atoms with van der Waals surface area (Å²) in [4.78, 5) is 43.9. The number of nitrogens with zero attached hydrogens (tertiary/aromatic N) is 3. The number of unbranched alkanes of at least 4 members (excludes halogenated alkanes) is 1. The van der Waals surface area contributed by atoms with Crippen LogP contribution in [0.25, 0.3) is 0 Å². The molecule has 0 aromatic heterocycles. The number of likely N-dealkylation sites (N-methyl/N-ethyl adjacent to an activating group) is 1. The molecular formula is C27H34N4O3. The monoisotopic (exact) mass is 462 g/mol. The van der Waals surface area contributed by atoms with E-state index in [0.717, 1.165) is 51.1 Å². The van der Waals surface area contributed by atoms with Gasteiger partial charge in [-0.1, -0.05) is 25.5 Å². The number of hydrogen-bond donors (Lipinski definition) is 1. The number of aryl methyl sites for hydroxylation is 1. The lowest BCUT2D eigenvalue weighted by Gasteiger charge is -2.32. The van der Waals surface area contributed by atoms with Gasteiger partial charge in [-0.15, -0.1) is 0 Å². The normalized spacial score (nSPS) is 18.9. The van der Waals surface area contributed by atoms with Crippen molar-refractivity contribution in [2.45, 2.75) is 32.6 Å². The van der Waals surface area contributed by atoms with Crippen LogP contribution in [0.1, 0.15) is 42.1 Å². The Balaban J connectivity index is 1.32. The minimum atomic E-state index is -0.404. The molecule has 4 rings (SSSR count). The molecule has 0 aliphatic carbocycles. The van der Waals surface area contributed by atoms with E-state index in [2.05, 4.69) is 36.3 Å². The summed E-state index contributed by atoms with van der Waals surface area (Å²) in [5.74, 6) is -0.592. The fourth-order valence-electron chi connectivity index (χ4n) is 4.49. The molecule has 7 heteroatoms. The smallest absolute Gasteiger partial charge is 0.253 e. The van der Waals surface area contributed by atoms with E-state index in [1.807, 2.05) is 17.0 Å². The molecule has 2 fully saturated rings. The van der Waals surface area contributed by atoms with Crippen LogP contribution in [0.15, 0.2) is 48.5 Å². The second kappa shape index (κ2) is 10.8. The maximum Gasteiger partial charge on any atom is 0.253 e. The zero-order valence-electron chi connectivity index (χ0n) is 20.1. The molecule has 1 N–H and O–H groups in total. The Hall–Kier alpha value is -3.19. The highest BCUT2D eigenvalue weighted by Crippen LogP contribution is 2.27. The minimum absolute atomic E-state index is 0.0173. The van der Waals surface area contributed by atoms with E-state index in [1.165, 1.54) is 5.56 Å². The average molecular weight is 463 g/mol. The fraction of sp³-hybridized carbons (Fsp3) is 0.444. The quantitative estimate of drug-likeness (QED) is 0.685. The number of carbonyl (C=O) groups is 3. The number of amides is 3. The van der Waals surface area contributed by atoms with Gasteiger partial charge in [0.1, 0.15) is 0 Å². The highest BCUT2D eigenvalue weighted by atomic mass is 16.2. The number of hydrogen-bond acceptors (Lipinski definition) is 4. The zero-order valence-corrected chi connectivity index (χ0v) is 20.1. The summed E-state index contributed by atoms with van der Waals surface area (Å²) in [5.41, 5.74) is 3.35. The van der Waals surface area contributed by atoms with Gasteiger partial charge in [-0.05, 0) is 61.9 Å². The van der Waals surface area contributed by atoms with Gasteiger partial charge in [0, 0.05) is 56.1 Å². The lowest BCUT2D eigenvalue weighted by molar-refractivity contribution is -0.122. The van der Waals surface area contributed by atoms with E-state index in [1.54, 1.807) is 29.2 Å². The molecule has 34 heavy (non-hydrogen) atoms.